The monoisotopic (exact) mass is 351 g/mol. The Balaban J connectivity index is 1.93. The van der Waals surface area contributed by atoms with E-state index in [0.717, 1.165) is 16.9 Å². The summed E-state index contributed by atoms with van der Waals surface area (Å²) in [6.45, 7) is 0. The zero-order chi connectivity index (χ0) is 18.7. The van der Waals surface area contributed by atoms with Crippen molar-refractivity contribution in [1.82, 2.24) is 9.78 Å². The molecule has 132 valence electrons. The van der Waals surface area contributed by atoms with Crippen molar-refractivity contribution < 1.29 is 14.3 Å². The van der Waals surface area contributed by atoms with E-state index >= 15 is 0 Å². The lowest BCUT2D eigenvalue weighted by atomic mass is 10.1. The Labute approximate surface area is 149 Å². The van der Waals surface area contributed by atoms with Crippen LogP contribution in [0.1, 0.15) is 10.4 Å². The summed E-state index contributed by atoms with van der Waals surface area (Å²) in [6.07, 6.45) is 1.44. The lowest BCUT2D eigenvalue weighted by molar-refractivity contribution is 0.100. The molecule has 1 aromatic heterocycles. The topological polar surface area (TPSA) is 125 Å². The van der Waals surface area contributed by atoms with Crippen molar-refractivity contribution >= 4 is 17.8 Å². The number of nitrogens with two attached hydrogens (primary N) is 2. The van der Waals surface area contributed by atoms with Gasteiger partial charge in [-0.05, 0) is 35.4 Å². The Morgan fingerprint density at radius 2 is 1.81 bits per heavy atom. The Kier molecular flexibility index (Phi) is 4.57. The van der Waals surface area contributed by atoms with Crippen LogP contribution in [0, 0.1) is 0 Å². The van der Waals surface area contributed by atoms with Gasteiger partial charge < -0.3 is 16.2 Å². The molecule has 0 fully saturated rings. The van der Waals surface area contributed by atoms with Gasteiger partial charge in [0, 0.05) is 6.20 Å². The molecule has 3 aromatic rings. The van der Waals surface area contributed by atoms with Crippen molar-refractivity contribution in [3.8, 4) is 22.6 Å². The normalized spacial score (nSPS) is 10.3. The molecule has 2 aromatic carbocycles. The van der Waals surface area contributed by atoms with Gasteiger partial charge in [0.05, 0.1) is 12.8 Å². The second-order valence-corrected chi connectivity index (χ2v) is 5.47. The Morgan fingerprint density at radius 1 is 1.08 bits per heavy atom. The zero-order valence-electron chi connectivity index (χ0n) is 14.0. The van der Waals surface area contributed by atoms with Gasteiger partial charge in [-0.25, -0.2) is 9.48 Å². The predicted molar refractivity (Wildman–Crippen MR) is 97.3 cm³/mol. The van der Waals surface area contributed by atoms with Crippen molar-refractivity contribution in [3.63, 3.8) is 0 Å². The van der Waals surface area contributed by atoms with Crippen LogP contribution < -0.4 is 21.5 Å². The second-order valence-electron chi connectivity index (χ2n) is 5.47. The summed E-state index contributed by atoms with van der Waals surface area (Å²) < 4.78 is 6.68. The Bertz CT molecular complexity index is 963. The first-order chi connectivity index (χ1) is 12.5. The van der Waals surface area contributed by atoms with Crippen molar-refractivity contribution in [2.75, 3.05) is 12.4 Å². The molecule has 0 aliphatic rings. The largest absolute Gasteiger partial charge is 0.497 e. The number of rotatable bonds is 5. The molecule has 0 aliphatic carbocycles. The van der Waals surface area contributed by atoms with Crippen LogP contribution in [0.4, 0.5) is 10.6 Å². The van der Waals surface area contributed by atoms with Crippen LogP contribution >= 0.6 is 0 Å². The van der Waals surface area contributed by atoms with E-state index in [-0.39, 0.29) is 11.4 Å². The van der Waals surface area contributed by atoms with Gasteiger partial charge >= 0.3 is 6.03 Å². The average molecular weight is 351 g/mol. The van der Waals surface area contributed by atoms with Gasteiger partial charge in [-0.3, -0.25) is 10.1 Å². The third-order valence-electron chi connectivity index (χ3n) is 3.76. The highest BCUT2D eigenvalue weighted by atomic mass is 16.5. The van der Waals surface area contributed by atoms with Crippen LogP contribution in [0.25, 0.3) is 16.8 Å². The molecule has 8 nitrogen and oxygen atoms in total. The summed E-state index contributed by atoms with van der Waals surface area (Å²) in [5.74, 6) is 0.0711. The molecule has 0 spiro atoms. The molecular formula is C18H17N5O3. The Hall–Kier alpha value is -3.81. The van der Waals surface area contributed by atoms with E-state index < -0.39 is 11.9 Å². The van der Waals surface area contributed by atoms with Gasteiger partial charge in [0.15, 0.2) is 5.82 Å². The van der Waals surface area contributed by atoms with Gasteiger partial charge in [0.1, 0.15) is 11.3 Å². The quantitative estimate of drug-likeness (QED) is 0.651. The molecule has 0 saturated heterocycles. The van der Waals surface area contributed by atoms with Crippen LogP contribution in [-0.2, 0) is 0 Å². The lowest BCUT2D eigenvalue weighted by Crippen LogP contribution is -2.22. The maximum atomic E-state index is 11.5. The van der Waals surface area contributed by atoms with E-state index in [2.05, 4.69) is 10.4 Å². The number of hydrogen-bond donors (Lipinski definition) is 3. The number of carbonyl (C=O) groups excluding carboxylic acids is 2. The summed E-state index contributed by atoms with van der Waals surface area (Å²) in [5.41, 5.74) is 13.2. The van der Waals surface area contributed by atoms with Crippen molar-refractivity contribution in [3.05, 3.63) is 60.3 Å². The molecule has 8 heteroatoms. The summed E-state index contributed by atoms with van der Waals surface area (Å²) in [7, 11) is 1.62. The van der Waals surface area contributed by atoms with Gasteiger partial charge in [-0.15, -0.1) is 5.10 Å². The maximum absolute atomic E-state index is 11.5. The van der Waals surface area contributed by atoms with Crippen LogP contribution in [0.5, 0.6) is 5.75 Å². The highest BCUT2D eigenvalue weighted by Gasteiger charge is 2.16. The average Bonchev–Trinajstić information content (AvgIpc) is 3.05. The molecule has 3 amide bonds. The number of aromatic nitrogens is 2. The van der Waals surface area contributed by atoms with Gasteiger partial charge in [-0.1, -0.05) is 24.3 Å². The minimum absolute atomic E-state index is 0.0156. The lowest BCUT2D eigenvalue weighted by Gasteiger charge is -2.06. The number of carbonyl (C=O) groups is 2. The zero-order valence-corrected chi connectivity index (χ0v) is 14.0. The summed E-state index contributed by atoms with van der Waals surface area (Å²) in [4.78, 5) is 22.6. The van der Waals surface area contributed by atoms with E-state index in [4.69, 9.17) is 16.2 Å². The smallest absolute Gasteiger partial charge is 0.317 e. The summed E-state index contributed by atoms with van der Waals surface area (Å²) in [5, 5.41) is 6.44. The first kappa shape index (κ1) is 17.0. The molecule has 26 heavy (non-hydrogen) atoms. The predicted octanol–water partition coefficient (Wildman–Crippen LogP) is 2.14. The van der Waals surface area contributed by atoms with Crippen molar-refractivity contribution in [1.29, 1.82) is 0 Å². The number of amides is 3. The second kappa shape index (κ2) is 6.98. The standard InChI is InChI=1S/C18H17N5O3/c1-26-14-4-2-3-12(9-14)11-5-7-13(8-6-11)23-10-15(16(19)24)17(22-23)21-18(20)25/h2-10H,1H3,(H2,19,24)(H3,20,21,22,25). The van der Waals surface area contributed by atoms with Crippen molar-refractivity contribution in [2.45, 2.75) is 0 Å². The molecule has 0 unspecified atom stereocenters. The first-order valence-electron chi connectivity index (χ1n) is 7.68. The van der Waals surface area contributed by atoms with Crippen LogP contribution in [0.3, 0.4) is 0 Å². The highest BCUT2D eigenvalue weighted by Crippen LogP contribution is 2.25. The van der Waals surface area contributed by atoms with Crippen LogP contribution in [-0.4, -0.2) is 28.8 Å². The number of anilines is 1. The van der Waals surface area contributed by atoms with E-state index in [1.807, 2.05) is 48.5 Å². The number of benzene rings is 2. The number of hydrogen-bond acceptors (Lipinski definition) is 4. The number of urea groups is 1. The summed E-state index contributed by atoms with van der Waals surface area (Å²) >= 11 is 0. The maximum Gasteiger partial charge on any atom is 0.317 e. The number of nitrogens with zero attached hydrogens (tertiary/aromatic N) is 2. The molecule has 0 atom stereocenters. The molecule has 3 rings (SSSR count). The van der Waals surface area contributed by atoms with Crippen molar-refractivity contribution in [2.24, 2.45) is 11.5 Å². The number of ether oxygens (including phenoxy) is 1. The van der Waals surface area contributed by atoms with Crippen LogP contribution in [0.15, 0.2) is 54.7 Å². The molecule has 0 bridgehead atoms. The fourth-order valence-electron chi connectivity index (χ4n) is 2.50. The molecule has 0 aliphatic heterocycles. The van der Waals surface area contributed by atoms with E-state index in [1.165, 1.54) is 10.9 Å². The molecular weight excluding hydrogens is 334 g/mol. The first-order valence-corrected chi connectivity index (χ1v) is 7.68. The van der Waals surface area contributed by atoms with Gasteiger partial charge in [0.25, 0.3) is 5.91 Å². The van der Waals surface area contributed by atoms with E-state index in [9.17, 15) is 9.59 Å². The number of primary amides is 2. The SMILES string of the molecule is COc1cccc(-c2ccc(-n3cc(C(N)=O)c(NC(N)=O)n3)cc2)c1. The minimum atomic E-state index is -0.828. The molecule has 5 N–H and O–H groups in total. The highest BCUT2D eigenvalue weighted by molar-refractivity contribution is 6.01. The van der Waals surface area contributed by atoms with Gasteiger partial charge in [0.2, 0.25) is 0 Å². The fraction of sp³-hybridized carbons (Fsp3) is 0.0556. The third kappa shape index (κ3) is 3.48. The number of methoxy groups -OCH3 is 1. The molecule has 1 heterocycles. The van der Waals surface area contributed by atoms with Gasteiger partial charge in [-0.2, -0.15) is 0 Å². The fourth-order valence-corrected chi connectivity index (χ4v) is 2.50. The van der Waals surface area contributed by atoms with Crippen LogP contribution in [0.2, 0.25) is 0 Å². The van der Waals surface area contributed by atoms with E-state index in [1.54, 1.807) is 7.11 Å². The summed E-state index contributed by atoms with van der Waals surface area (Å²) in [6, 6.07) is 14.4. The number of nitrogens with one attached hydrogen (secondary N) is 1. The third-order valence-corrected chi connectivity index (χ3v) is 3.76. The Morgan fingerprint density at radius 3 is 2.42 bits per heavy atom. The molecule has 0 saturated carbocycles. The molecule has 0 radical (unpaired) electrons. The minimum Gasteiger partial charge on any atom is -0.497 e. The van der Waals surface area contributed by atoms with E-state index in [0.29, 0.717) is 5.69 Å².